The molecule has 5 rings (SSSR count). The lowest BCUT2D eigenvalue weighted by molar-refractivity contribution is 0.104. The fourth-order valence-corrected chi connectivity index (χ4v) is 3.71. The second-order valence-corrected chi connectivity index (χ2v) is 6.92. The van der Waals surface area contributed by atoms with E-state index in [2.05, 4.69) is 18.2 Å². The monoisotopic (exact) mass is 376 g/mol. The predicted octanol–water partition coefficient (Wildman–Crippen LogP) is 6.00. The Labute approximate surface area is 166 Å². The predicted molar refractivity (Wildman–Crippen MR) is 117 cm³/mol. The molecule has 0 amide bonds. The molecule has 29 heavy (non-hydrogen) atoms. The zero-order chi connectivity index (χ0) is 19.8. The summed E-state index contributed by atoms with van der Waals surface area (Å²) in [5.74, 6) is -0.374. The van der Waals surface area contributed by atoms with Gasteiger partial charge in [0.05, 0.1) is 0 Å². The second kappa shape index (κ2) is 6.88. The molecule has 4 aromatic carbocycles. The van der Waals surface area contributed by atoms with Crippen molar-refractivity contribution in [1.82, 2.24) is 0 Å². The molecule has 0 unspecified atom stereocenters. The van der Waals surface area contributed by atoms with Crippen LogP contribution in [0.3, 0.4) is 0 Å². The lowest BCUT2D eigenvalue weighted by Gasteiger charge is -2.08. The maximum atomic E-state index is 12.8. The van der Waals surface area contributed by atoms with Crippen LogP contribution in [-0.4, -0.2) is 5.78 Å². The van der Waals surface area contributed by atoms with Crippen LogP contribution >= 0.6 is 0 Å². The van der Waals surface area contributed by atoms with Crippen molar-refractivity contribution in [2.75, 3.05) is 0 Å². The van der Waals surface area contributed by atoms with Crippen molar-refractivity contribution in [1.29, 1.82) is 0 Å². The molecule has 0 saturated heterocycles. The molecular weight excluding hydrogens is 360 g/mol. The van der Waals surface area contributed by atoms with Gasteiger partial charge in [0, 0.05) is 5.39 Å². The van der Waals surface area contributed by atoms with E-state index >= 15 is 0 Å². The van der Waals surface area contributed by atoms with E-state index in [-0.39, 0.29) is 11.3 Å². The average Bonchev–Trinajstić information content (AvgIpc) is 2.76. The molecule has 5 aromatic rings. The minimum Gasteiger partial charge on any atom is -0.422 e. The largest absolute Gasteiger partial charge is 0.422 e. The van der Waals surface area contributed by atoms with E-state index in [1.54, 1.807) is 24.3 Å². The highest BCUT2D eigenvalue weighted by Gasteiger charge is 2.12. The number of allylic oxidation sites excluding steroid dienone is 1. The van der Waals surface area contributed by atoms with Crippen molar-refractivity contribution in [2.45, 2.75) is 0 Å². The smallest absolute Gasteiger partial charge is 0.347 e. The standard InChI is InChI=1S/C26H16O3/c27-24(23-16-19-9-3-6-12-25(19)29-26(23)28)14-13-22-20-10-4-1-7-17(20)15-18-8-2-5-11-21(18)22/h1-16H/b14-13+. The molecule has 0 aliphatic heterocycles. The third-order valence-corrected chi connectivity index (χ3v) is 5.12. The molecular formula is C26H16O3. The van der Waals surface area contributed by atoms with Crippen LogP contribution in [-0.2, 0) is 0 Å². The summed E-state index contributed by atoms with van der Waals surface area (Å²) >= 11 is 0. The van der Waals surface area contributed by atoms with Crippen LogP contribution in [0.5, 0.6) is 0 Å². The normalized spacial score (nSPS) is 11.6. The molecule has 1 aromatic heterocycles. The minimum atomic E-state index is -0.624. The SMILES string of the molecule is O=C(/C=C/c1c2ccccc2cc2ccccc12)c1cc2ccccc2oc1=O. The molecule has 0 N–H and O–H groups in total. The topological polar surface area (TPSA) is 47.3 Å². The maximum absolute atomic E-state index is 12.8. The number of rotatable bonds is 3. The van der Waals surface area contributed by atoms with Gasteiger partial charge in [0.2, 0.25) is 0 Å². The third-order valence-electron chi connectivity index (χ3n) is 5.12. The van der Waals surface area contributed by atoms with E-state index in [1.807, 2.05) is 48.5 Å². The van der Waals surface area contributed by atoms with E-state index in [1.165, 1.54) is 6.08 Å². The Kier molecular flexibility index (Phi) is 4.07. The lowest BCUT2D eigenvalue weighted by atomic mass is 9.96. The quantitative estimate of drug-likeness (QED) is 0.168. The van der Waals surface area contributed by atoms with Crippen LogP contribution in [0.25, 0.3) is 38.6 Å². The van der Waals surface area contributed by atoms with E-state index < -0.39 is 5.63 Å². The molecule has 3 heteroatoms. The van der Waals surface area contributed by atoms with Crippen molar-refractivity contribution in [2.24, 2.45) is 0 Å². The molecule has 0 aliphatic carbocycles. The van der Waals surface area contributed by atoms with Gasteiger partial charge in [0.1, 0.15) is 11.1 Å². The number of benzene rings is 4. The minimum absolute atomic E-state index is 0.0319. The first-order valence-electron chi connectivity index (χ1n) is 9.36. The molecule has 1 heterocycles. The maximum Gasteiger partial charge on any atom is 0.347 e. The summed E-state index contributed by atoms with van der Waals surface area (Å²) in [6.07, 6.45) is 3.25. The Hall–Kier alpha value is -3.98. The fraction of sp³-hybridized carbons (Fsp3) is 0. The molecule has 0 fully saturated rings. The average molecular weight is 376 g/mol. The Morgan fingerprint density at radius 2 is 1.31 bits per heavy atom. The van der Waals surface area contributed by atoms with Crippen LogP contribution in [0.4, 0.5) is 0 Å². The van der Waals surface area contributed by atoms with Gasteiger partial charge in [0.25, 0.3) is 0 Å². The van der Waals surface area contributed by atoms with E-state index in [0.717, 1.165) is 32.5 Å². The molecule has 0 spiro atoms. The highest BCUT2D eigenvalue weighted by atomic mass is 16.4. The van der Waals surface area contributed by atoms with Gasteiger partial charge in [-0.1, -0.05) is 66.7 Å². The van der Waals surface area contributed by atoms with E-state index in [9.17, 15) is 9.59 Å². The number of hydrogen-bond donors (Lipinski definition) is 0. The summed E-state index contributed by atoms with van der Waals surface area (Å²) in [6, 6.07) is 27.0. The summed E-state index contributed by atoms with van der Waals surface area (Å²) in [4.78, 5) is 25.1. The number of carbonyl (C=O) groups excluding carboxylic acids is 1. The van der Waals surface area contributed by atoms with Gasteiger partial charge in [-0.3, -0.25) is 4.79 Å². The van der Waals surface area contributed by atoms with Crippen molar-refractivity contribution in [3.05, 3.63) is 113 Å². The number of carbonyl (C=O) groups is 1. The highest BCUT2D eigenvalue weighted by Crippen LogP contribution is 2.29. The first-order chi connectivity index (χ1) is 14.2. The van der Waals surface area contributed by atoms with Crippen LogP contribution in [0.1, 0.15) is 15.9 Å². The number of fused-ring (bicyclic) bond motifs is 3. The van der Waals surface area contributed by atoms with Gasteiger partial charge in [-0.15, -0.1) is 0 Å². The second-order valence-electron chi connectivity index (χ2n) is 6.92. The summed E-state index contributed by atoms with van der Waals surface area (Å²) in [5.41, 5.74) is 0.834. The van der Waals surface area contributed by atoms with Crippen molar-refractivity contribution in [3.63, 3.8) is 0 Å². The van der Waals surface area contributed by atoms with Gasteiger partial charge >= 0.3 is 5.63 Å². The molecule has 0 aliphatic rings. The summed E-state index contributed by atoms with van der Waals surface area (Å²) < 4.78 is 5.30. The van der Waals surface area contributed by atoms with Crippen LogP contribution in [0.2, 0.25) is 0 Å². The first-order valence-corrected chi connectivity index (χ1v) is 9.36. The van der Waals surface area contributed by atoms with Crippen molar-refractivity contribution < 1.29 is 9.21 Å². The third kappa shape index (κ3) is 3.03. The van der Waals surface area contributed by atoms with Crippen LogP contribution in [0, 0.1) is 0 Å². The summed E-state index contributed by atoms with van der Waals surface area (Å²) in [6.45, 7) is 0. The van der Waals surface area contributed by atoms with Crippen molar-refractivity contribution in [3.8, 4) is 0 Å². The molecule has 138 valence electrons. The van der Waals surface area contributed by atoms with Gasteiger partial charge in [-0.05, 0) is 57.5 Å². The zero-order valence-corrected chi connectivity index (χ0v) is 15.5. The van der Waals surface area contributed by atoms with Gasteiger partial charge in [0.15, 0.2) is 5.78 Å². The molecule has 0 atom stereocenters. The number of ketones is 1. The Bertz CT molecular complexity index is 1430. The summed E-state index contributed by atoms with van der Waals surface area (Å²) in [5, 5.41) is 5.04. The Balaban J connectivity index is 1.64. The van der Waals surface area contributed by atoms with Gasteiger partial charge in [-0.2, -0.15) is 0 Å². The Morgan fingerprint density at radius 1 is 0.724 bits per heavy atom. The molecule has 0 bridgehead atoms. The van der Waals surface area contributed by atoms with E-state index in [4.69, 9.17) is 4.42 Å². The Morgan fingerprint density at radius 3 is 2.00 bits per heavy atom. The number of para-hydroxylation sites is 1. The highest BCUT2D eigenvalue weighted by molar-refractivity contribution is 6.12. The van der Waals surface area contributed by atoms with Gasteiger partial charge in [-0.25, -0.2) is 4.79 Å². The molecule has 0 radical (unpaired) electrons. The zero-order valence-electron chi connectivity index (χ0n) is 15.5. The fourth-order valence-electron chi connectivity index (χ4n) is 3.71. The molecule has 3 nitrogen and oxygen atoms in total. The van der Waals surface area contributed by atoms with Crippen LogP contribution in [0.15, 0.2) is 100 Å². The van der Waals surface area contributed by atoms with Crippen LogP contribution < -0.4 is 5.63 Å². The summed E-state index contributed by atoms with van der Waals surface area (Å²) in [7, 11) is 0. The number of hydrogen-bond acceptors (Lipinski definition) is 3. The lowest BCUT2D eigenvalue weighted by Crippen LogP contribution is -2.11. The first kappa shape index (κ1) is 17.1. The van der Waals surface area contributed by atoms with Crippen molar-refractivity contribution >= 4 is 44.4 Å². The van der Waals surface area contributed by atoms with E-state index in [0.29, 0.717) is 5.58 Å². The van der Waals surface area contributed by atoms with Gasteiger partial charge < -0.3 is 4.42 Å². The molecule has 0 saturated carbocycles.